The molecule has 0 bridgehead atoms. The zero-order valence-electron chi connectivity index (χ0n) is 20.9. The van der Waals surface area contributed by atoms with Gasteiger partial charge in [0.1, 0.15) is 17.3 Å². The van der Waals surface area contributed by atoms with E-state index in [9.17, 15) is 17.6 Å². The monoisotopic (exact) mass is 509 g/mol. The summed E-state index contributed by atoms with van der Waals surface area (Å²) in [5.41, 5.74) is 2.24. The lowest BCUT2D eigenvalue weighted by molar-refractivity contribution is -0.122. The lowest BCUT2D eigenvalue weighted by Gasteiger charge is -2.23. The van der Waals surface area contributed by atoms with Gasteiger partial charge in [0.15, 0.2) is 5.78 Å². The van der Waals surface area contributed by atoms with Gasteiger partial charge >= 0.3 is 0 Å². The smallest absolute Gasteiger partial charge is 0.243 e. The van der Waals surface area contributed by atoms with Crippen molar-refractivity contribution in [2.75, 3.05) is 6.54 Å². The number of ketones is 1. The molecule has 1 saturated heterocycles. The summed E-state index contributed by atoms with van der Waals surface area (Å²) >= 11 is 0. The van der Waals surface area contributed by atoms with Crippen LogP contribution in [0.3, 0.4) is 0 Å². The van der Waals surface area contributed by atoms with Gasteiger partial charge in [-0.3, -0.25) is 4.79 Å². The van der Waals surface area contributed by atoms with Crippen molar-refractivity contribution in [1.29, 1.82) is 0 Å². The van der Waals surface area contributed by atoms with Gasteiger partial charge in [-0.2, -0.15) is 4.31 Å². The number of hydrogen-bond acceptors (Lipinski definition) is 4. The molecule has 1 heterocycles. The Balaban J connectivity index is 1.39. The number of nitrogens with zero attached hydrogens (tertiary/aromatic N) is 1. The van der Waals surface area contributed by atoms with Gasteiger partial charge in [-0.05, 0) is 84.3 Å². The maximum atomic E-state index is 13.3. The molecule has 0 amide bonds. The molecule has 190 valence electrons. The van der Waals surface area contributed by atoms with E-state index in [1.807, 2.05) is 36.4 Å². The van der Waals surface area contributed by atoms with Crippen molar-refractivity contribution in [2.45, 2.75) is 62.8 Å². The lowest BCUT2D eigenvalue weighted by atomic mass is 9.87. The van der Waals surface area contributed by atoms with E-state index in [-0.39, 0.29) is 29.1 Å². The van der Waals surface area contributed by atoms with Crippen LogP contribution in [0.5, 0.6) is 11.5 Å². The molecule has 1 fully saturated rings. The van der Waals surface area contributed by atoms with E-state index in [0.717, 1.165) is 23.4 Å². The minimum Gasteiger partial charge on any atom is -0.457 e. The highest BCUT2D eigenvalue weighted by atomic mass is 32.2. The molecule has 1 aliphatic heterocycles. The first kappa shape index (κ1) is 26.0. The first-order chi connectivity index (χ1) is 17.0. The second-order valence-electron chi connectivity index (χ2n) is 10.2. The molecule has 3 aromatic carbocycles. The second-order valence-corrected chi connectivity index (χ2v) is 12.1. The molecule has 4 rings (SSSR count). The SMILES string of the molecule is CC(C)(C)c1ccc(Oc2cccc(CCC(=O)[C@@H]3CCCN3S(=O)(=O)c3ccc(F)cc3)c2)cc1. The highest BCUT2D eigenvalue weighted by Gasteiger charge is 2.38. The fraction of sp³-hybridized carbons (Fsp3) is 0.345. The predicted octanol–water partition coefficient (Wildman–Crippen LogP) is 6.27. The summed E-state index contributed by atoms with van der Waals surface area (Å²) in [5, 5.41) is 0. The average molecular weight is 510 g/mol. The second kappa shape index (κ2) is 10.5. The zero-order valence-corrected chi connectivity index (χ0v) is 21.7. The van der Waals surface area contributed by atoms with Gasteiger partial charge in [-0.1, -0.05) is 45.0 Å². The van der Waals surface area contributed by atoms with Crippen LogP contribution in [0.4, 0.5) is 4.39 Å². The minimum atomic E-state index is -3.86. The maximum absolute atomic E-state index is 13.3. The summed E-state index contributed by atoms with van der Waals surface area (Å²) in [7, 11) is -3.86. The number of Topliss-reactive ketones (excluding diaryl/α,β-unsaturated/α-hetero) is 1. The molecule has 36 heavy (non-hydrogen) atoms. The largest absolute Gasteiger partial charge is 0.457 e. The third kappa shape index (κ3) is 6.02. The van der Waals surface area contributed by atoms with Crippen molar-refractivity contribution in [3.63, 3.8) is 0 Å². The molecule has 0 radical (unpaired) electrons. The van der Waals surface area contributed by atoms with Gasteiger partial charge in [-0.25, -0.2) is 12.8 Å². The molecule has 0 spiro atoms. The van der Waals surface area contributed by atoms with Crippen LogP contribution < -0.4 is 4.74 Å². The van der Waals surface area contributed by atoms with E-state index in [0.29, 0.717) is 25.0 Å². The van der Waals surface area contributed by atoms with Gasteiger partial charge in [0, 0.05) is 13.0 Å². The van der Waals surface area contributed by atoms with Crippen LogP contribution in [-0.2, 0) is 26.7 Å². The van der Waals surface area contributed by atoms with Crippen molar-refractivity contribution < 1.29 is 22.3 Å². The van der Waals surface area contributed by atoms with Crippen LogP contribution in [-0.4, -0.2) is 31.1 Å². The molecule has 0 N–H and O–H groups in total. The molecule has 1 atom stereocenters. The molecule has 0 saturated carbocycles. The standard InChI is InChI=1S/C29H32FNO4S/c1-29(2,3)22-10-14-24(15-11-22)35-25-7-4-6-21(20-25)9-18-28(32)27-8-5-19-31(27)36(33,34)26-16-12-23(30)13-17-26/h4,6-7,10-17,20,27H,5,8-9,18-19H2,1-3H3/t27-/m0/s1. The summed E-state index contributed by atoms with van der Waals surface area (Å²) in [5.74, 6) is 0.812. The Morgan fingerprint density at radius 2 is 1.69 bits per heavy atom. The summed E-state index contributed by atoms with van der Waals surface area (Å²) in [6.07, 6.45) is 1.82. The number of ether oxygens (including phenoxy) is 1. The Hall–Kier alpha value is -3.03. The highest BCUT2D eigenvalue weighted by molar-refractivity contribution is 7.89. The van der Waals surface area contributed by atoms with Crippen LogP contribution in [0.25, 0.3) is 0 Å². The van der Waals surface area contributed by atoms with Crippen LogP contribution in [0.15, 0.2) is 77.7 Å². The number of rotatable bonds is 8. The molecule has 7 heteroatoms. The summed E-state index contributed by atoms with van der Waals surface area (Å²) in [6, 6.07) is 19.7. The van der Waals surface area contributed by atoms with Gasteiger partial charge in [0.2, 0.25) is 10.0 Å². The third-order valence-electron chi connectivity index (χ3n) is 6.51. The van der Waals surface area contributed by atoms with Crippen LogP contribution in [0.2, 0.25) is 0 Å². The topological polar surface area (TPSA) is 63.7 Å². The van der Waals surface area contributed by atoms with E-state index < -0.39 is 21.9 Å². The minimum absolute atomic E-state index is 0.00369. The quantitative estimate of drug-likeness (QED) is 0.359. The zero-order chi connectivity index (χ0) is 25.9. The van der Waals surface area contributed by atoms with Crippen molar-refractivity contribution in [1.82, 2.24) is 4.31 Å². The first-order valence-electron chi connectivity index (χ1n) is 12.2. The Bertz CT molecular complexity index is 1310. The summed E-state index contributed by atoms with van der Waals surface area (Å²) in [4.78, 5) is 13.1. The molecule has 0 unspecified atom stereocenters. The predicted molar refractivity (Wildman–Crippen MR) is 138 cm³/mol. The van der Waals surface area contributed by atoms with E-state index in [4.69, 9.17) is 4.74 Å². The van der Waals surface area contributed by atoms with Gasteiger partial charge in [0.25, 0.3) is 0 Å². The number of halogens is 1. The molecule has 5 nitrogen and oxygen atoms in total. The van der Waals surface area contributed by atoms with Crippen LogP contribution >= 0.6 is 0 Å². The van der Waals surface area contributed by atoms with Gasteiger partial charge in [0.05, 0.1) is 10.9 Å². The number of hydrogen-bond donors (Lipinski definition) is 0. The van der Waals surface area contributed by atoms with Crippen molar-refractivity contribution in [3.05, 3.63) is 89.7 Å². The highest BCUT2D eigenvalue weighted by Crippen LogP contribution is 2.29. The van der Waals surface area contributed by atoms with Crippen molar-refractivity contribution in [3.8, 4) is 11.5 Å². The molecule has 1 aliphatic rings. The van der Waals surface area contributed by atoms with Crippen molar-refractivity contribution in [2.24, 2.45) is 0 Å². The fourth-order valence-electron chi connectivity index (χ4n) is 4.45. The van der Waals surface area contributed by atoms with Crippen molar-refractivity contribution >= 4 is 15.8 Å². The average Bonchev–Trinajstić information content (AvgIpc) is 3.34. The maximum Gasteiger partial charge on any atom is 0.243 e. The van der Waals surface area contributed by atoms with E-state index in [1.54, 1.807) is 0 Å². The number of carbonyl (C=O) groups is 1. The van der Waals surface area contributed by atoms with E-state index in [2.05, 4.69) is 32.9 Å². The molecule has 3 aromatic rings. The van der Waals surface area contributed by atoms with E-state index in [1.165, 1.54) is 22.0 Å². The Morgan fingerprint density at radius 3 is 2.36 bits per heavy atom. The third-order valence-corrected chi connectivity index (χ3v) is 8.43. The lowest BCUT2D eigenvalue weighted by Crippen LogP contribution is -2.40. The fourth-order valence-corrected chi connectivity index (χ4v) is 6.13. The summed E-state index contributed by atoms with van der Waals surface area (Å²) in [6.45, 7) is 6.78. The Kier molecular flexibility index (Phi) is 7.62. The van der Waals surface area contributed by atoms with Crippen LogP contribution in [0.1, 0.15) is 51.2 Å². The first-order valence-corrected chi connectivity index (χ1v) is 13.7. The Labute approximate surface area is 213 Å². The molecule has 0 aliphatic carbocycles. The summed E-state index contributed by atoms with van der Waals surface area (Å²) < 4.78 is 46.7. The number of sulfonamides is 1. The van der Waals surface area contributed by atoms with Crippen LogP contribution in [0, 0.1) is 5.82 Å². The number of aryl methyl sites for hydroxylation is 1. The van der Waals surface area contributed by atoms with E-state index >= 15 is 0 Å². The number of benzene rings is 3. The molecule has 0 aromatic heterocycles. The van der Waals surface area contributed by atoms with Gasteiger partial charge in [-0.15, -0.1) is 0 Å². The van der Waals surface area contributed by atoms with Gasteiger partial charge < -0.3 is 4.74 Å². The Morgan fingerprint density at radius 1 is 1.00 bits per heavy atom. The number of carbonyl (C=O) groups excluding carboxylic acids is 1. The normalized spacial score (nSPS) is 16.7. The molecular weight excluding hydrogens is 477 g/mol. The molecular formula is C29H32FNO4S.